The van der Waals surface area contributed by atoms with Crippen LogP contribution in [0.1, 0.15) is 162 Å². The minimum absolute atomic E-state index is 0.0272. The molecule has 2 N–H and O–H groups in total. The van der Waals surface area contributed by atoms with E-state index in [2.05, 4.69) is 141 Å². The fourth-order valence-corrected chi connectivity index (χ4v) is 17.3. The van der Waals surface area contributed by atoms with Crippen LogP contribution in [-0.2, 0) is 21.8 Å². The standard InChI is InChI=1S/C78H108Cl4N8O9S4/c1-39(2)23-31-92-59-47-50(63(67(100-17)55(59)79)96-35-27-43(9)10)73-83-71(47)85-74-51-49(61(94-33-25-41(5)6)58(82)69(102(19)20)65(51)98-37-29-45(13)14)75(87-74)88-78-54-53(62(95-34-26-42(7)8)56(80)68(101-18)64(54)97-36-28-44(11)12)77(90(78)91)89-76-52-48(72(84-73)86-76)60(93-32-24-40(3)4)57(81)70(103(21)22)66(52)99-38-30-46(15)16/h39-46,91H,23-38H2,1-22H3,(H,83,84,85,86,87,88,89)/q+2. The lowest BCUT2D eigenvalue weighted by atomic mass is 10.0. The van der Waals surface area contributed by atoms with Gasteiger partial charge < -0.3 is 48.1 Å². The van der Waals surface area contributed by atoms with E-state index in [9.17, 15) is 5.21 Å². The van der Waals surface area contributed by atoms with Crippen LogP contribution in [0.5, 0.6) is 46.0 Å². The number of benzene rings is 4. The van der Waals surface area contributed by atoms with Crippen molar-refractivity contribution in [1.82, 2.24) is 39.6 Å². The van der Waals surface area contributed by atoms with Crippen LogP contribution in [0.4, 0.5) is 0 Å². The van der Waals surface area contributed by atoms with E-state index >= 15 is 0 Å². The molecule has 564 valence electrons. The number of H-pyrrole nitrogens is 1. The van der Waals surface area contributed by atoms with E-state index < -0.39 is 21.8 Å². The lowest BCUT2D eigenvalue weighted by Crippen LogP contribution is -2.11. The van der Waals surface area contributed by atoms with E-state index in [0.29, 0.717) is 204 Å². The number of hydrogen-bond acceptors (Lipinski definition) is 17. The molecule has 3 aromatic heterocycles. The summed E-state index contributed by atoms with van der Waals surface area (Å²) >= 11 is 34.4. The van der Waals surface area contributed by atoms with Crippen molar-refractivity contribution in [2.45, 2.75) is 182 Å². The number of nitrogens with one attached hydrogen (secondary N) is 1. The quantitative estimate of drug-likeness (QED) is 0.0214. The smallest absolute Gasteiger partial charge is 0.219 e. The largest absolute Gasteiger partial charge is 0.492 e. The van der Waals surface area contributed by atoms with Gasteiger partial charge in [0.25, 0.3) is 0 Å². The van der Waals surface area contributed by atoms with E-state index in [4.69, 9.17) is 114 Å². The molecule has 0 saturated carbocycles. The first kappa shape index (κ1) is 82.1. The normalized spacial score (nSPS) is 12.4. The average molecular weight is 1570 g/mol. The second-order valence-electron chi connectivity index (χ2n) is 30.2. The third-order valence-corrected chi connectivity index (χ3v) is 23.6. The third kappa shape index (κ3) is 18.3. The molecule has 0 fully saturated rings. The van der Waals surface area contributed by atoms with Crippen LogP contribution in [0.15, 0.2) is 19.6 Å². The molecular formula is C78H108Cl4N8O9S4+2. The van der Waals surface area contributed by atoms with Crippen molar-refractivity contribution in [3.8, 4) is 91.5 Å². The molecule has 0 spiro atoms. The fourth-order valence-electron chi connectivity index (χ4n) is 11.8. The zero-order valence-corrected chi connectivity index (χ0v) is 70.7. The number of rotatable bonds is 36. The summed E-state index contributed by atoms with van der Waals surface area (Å²) in [5.74, 6) is 5.74. The van der Waals surface area contributed by atoms with Gasteiger partial charge in [-0.05, 0) is 111 Å². The highest BCUT2D eigenvalue weighted by molar-refractivity contribution is 7.99. The highest BCUT2D eigenvalue weighted by Crippen LogP contribution is 2.59. The monoisotopic (exact) mass is 1570 g/mol. The maximum absolute atomic E-state index is 14.0. The number of aromatic nitrogens is 8. The summed E-state index contributed by atoms with van der Waals surface area (Å²) in [7, 11) is -1.14. The van der Waals surface area contributed by atoms with Gasteiger partial charge in [-0.25, -0.2) is 29.9 Å². The van der Waals surface area contributed by atoms with Crippen molar-refractivity contribution in [2.24, 2.45) is 47.3 Å². The van der Waals surface area contributed by atoms with Gasteiger partial charge in [-0.3, -0.25) is 0 Å². The average Bonchev–Trinajstić information content (AvgIpc) is 1.56. The lowest BCUT2D eigenvalue weighted by molar-refractivity contribution is 0.208. The molecule has 0 amide bonds. The molecule has 2 aliphatic heterocycles. The first-order valence-electron chi connectivity index (χ1n) is 36.3. The zero-order valence-electron chi connectivity index (χ0n) is 64.4. The number of hydrogen-bond donors (Lipinski definition) is 2. The molecule has 0 radical (unpaired) electrons. The van der Waals surface area contributed by atoms with Gasteiger partial charge in [0.1, 0.15) is 67.9 Å². The summed E-state index contributed by atoms with van der Waals surface area (Å²) in [6, 6.07) is 0. The molecule has 7 aromatic rings. The first-order valence-corrected chi connectivity index (χ1v) is 44.3. The third-order valence-electron chi connectivity index (χ3n) is 17.7. The molecular weight excluding hydrogens is 1460 g/mol. The van der Waals surface area contributed by atoms with Gasteiger partial charge in [0.2, 0.25) is 9.79 Å². The summed E-state index contributed by atoms with van der Waals surface area (Å²) in [4.78, 5) is 40.4. The van der Waals surface area contributed by atoms with Gasteiger partial charge in [-0.2, -0.15) is 0 Å². The van der Waals surface area contributed by atoms with E-state index in [1.54, 1.807) is 0 Å². The molecule has 0 unspecified atom stereocenters. The minimum Gasteiger partial charge on any atom is -0.492 e. The van der Waals surface area contributed by atoms with Crippen LogP contribution < -0.4 is 37.9 Å². The summed E-state index contributed by atoms with van der Waals surface area (Å²) in [6.07, 6.45) is 17.9. The van der Waals surface area contributed by atoms with Crippen LogP contribution in [-0.4, -0.2) is 135 Å². The van der Waals surface area contributed by atoms with E-state index in [-0.39, 0.29) is 111 Å². The van der Waals surface area contributed by atoms with Crippen molar-refractivity contribution in [1.29, 1.82) is 0 Å². The molecule has 2 aliphatic rings. The van der Waals surface area contributed by atoms with E-state index in [1.807, 2.05) is 12.5 Å². The second kappa shape index (κ2) is 36.3. The highest BCUT2D eigenvalue weighted by atomic mass is 35.5. The Morgan fingerprint density at radius 3 is 0.883 bits per heavy atom. The maximum Gasteiger partial charge on any atom is 0.219 e. The molecule has 103 heavy (non-hydrogen) atoms. The van der Waals surface area contributed by atoms with Crippen molar-refractivity contribution >= 4 is 136 Å². The predicted octanol–water partition coefficient (Wildman–Crippen LogP) is 22.5. The van der Waals surface area contributed by atoms with Gasteiger partial charge in [-0.15, -0.1) is 28.3 Å². The molecule has 17 nitrogen and oxygen atoms in total. The summed E-state index contributed by atoms with van der Waals surface area (Å²) in [6.45, 7) is 36.9. The summed E-state index contributed by atoms with van der Waals surface area (Å²) in [5, 5.41) is 16.9. The van der Waals surface area contributed by atoms with Gasteiger partial charge in [0.15, 0.2) is 69.1 Å². The van der Waals surface area contributed by atoms with Gasteiger partial charge in [0, 0.05) is 21.8 Å². The van der Waals surface area contributed by atoms with E-state index in [1.165, 1.54) is 23.5 Å². The van der Waals surface area contributed by atoms with Crippen molar-refractivity contribution in [2.75, 3.05) is 90.4 Å². The predicted molar refractivity (Wildman–Crippen MR) is 435 cm³/mol. The van der Waals surface area contributed by atoms with Crippen molar-refractivity contribution in [3.05, 3.63) is 20.1 Å². The molecule has 4 aromatic carbocycles. The lowest BCUT2D eigenvalue weighted by Gasteiger charge is -2.20. The number of aromatic amines is 1. The fraction of sp³-hybridized carbons (Fsp3) is 0.590. The number of fused-ring (bicyclic) bond motifs is 20. The maximum atomic E-state index is 14.0. The number of thioether (sulfide) groups is 2. The molecule has 9 rings (SSSR count). The first-order chi connectivity index (χ1) is 48.9. The number of nitrogens with zero attached hydrogens (tertiary/aromatic N) is 7. The van der Waals surface area contributed by atoms with Gasteiger partial charge in [-0.1, -0.05) is 157 Å². The highest BCUT2D eigenvalue weighted by Gasteiger charge is 2.42. The second-order valence-corrected chi connectivity index (χ2v) is 37.5. The van der Waals surface area contributed by atoms with Crippen LogP contribution in [0, 0.1) is 47.3 Å². The van der Waals surface area contributed by atoms with Crippen molar-refractivity contribution < 1.29 is 43.1 Å². The Morgan fingerprint density at radius 2 is 0.583 bits per heavy atom. The summed E-state index contributed by atoms with van der Waals surface area (Å²) in [5.41, 5.74) is 2.20. The van der Waals surface area contributed by atoms with Gasteiger partial charge >= 0.3 is 0 Å². The van der Waals surface area contributed by atoms with Crippen LogP contribution in [0.25, 0.3) is 89.7 Å². The molecule has 0 atom stereocenters. The van der Waals surface area contributed by atoms with Crippen molar-refractivity contribution in [3.63, 3.8) is 0 Å². The minimum atomic E-state index is -0.577. The van der Waals surface area contributed by atoms with Gasteiger partial charge in [0.05, 0.1) is 106 Å². The number of halogens is 4. The molecule has 5 heterocycles. The Morgan fingerprint density at radius 1 is 0.340 bits per heavy atom. The Hall–Kier alpha value is -5.00. The number of ether oxygens (including phenoxy) is 8. The molecule has 0 saturated heterocycles. The van der Waals surface area contributed by atoms with Crippen LogP contribution in [0.2, 0.25) is 20.1 Å². The summed E-state index contributed by atoms with van der Waals surface area (Å²) < 4.78 is 57.7. The molecule has 8 bridgehead atoms. The Labute approximate surface area is 644 Å². The topological polar surface area (TPSA) is 192 Å². The molecule has 0 aliphatic carbocycles. The Balaban J connectivity index is 1.69. The Bertz CT molecular complexity index is 4370. The van der Waals surface area contributed by atoms with Crippen LogP contribution in [0.3, 0.4) is 0 Å². The molecule has 25 heteroatoms. The van der Waals surface area contributed by atoms with Crippen LogP contribution >= 0.6 is 69.9 Å². The SMILES string of the molecule is CSc1c(Cl)c(OCCC(C)C)c2c3nc4nc(nc5c6c(OCCC(C)C)c(SC)c(Cl)c(OCCC(C)C)c6c(nc6nc(nc([nH]3)c2c1OCCC(C)C)-c1c(OCCC(C)C)c(Cl)c([S+](C)C)c(OCCC(C)C)c1-6)n5O)-c1c(OCCC(C)C)c(Cl)c([S+](C)C)c(OCCC(C)C)c1-4. The Kier molecular flexibility index (Phi) is 28.9. The zero-order chi connectivity index (χ0) is 75.2. The van der Waals surface area contributed by atoms with E-state index in [0.717, 1.165) is 16.0 Å².